The van der Waals surface area contributed by atoms with Gasteiger partial charge in [-0.25, -0.2) is 14.4 Å². The van der Waals surface area contributed by atoms with E-state index in [4.69, 9.17) is 24.2 Å². The second-order valence-electron chi connectivity index (χ2n) is 6.57. The molecule has 5 N–H and O–H groups in total. The maximum absolute atomic E-state index is 11.5. The monoisotopic (exact) mass is 556 g/mol. The van der Waals surface area contributed by atoms with Crippen molar-refractivity contribution in [2.45, 2.75) is 24.0 Å². The molecule has 0 aliphatic rings. The molecule has 202 valence electrons. The molecule has 0 heterocycles. The molecule has 36 heavy (non-hydrogen) atoms. The summed E-state index contributed by atoms with van der Waals surface area (Å²) in [6, 6.07) is 1.81. The summed E-state index contributed by atoms with van der Waals surface area (Å²) in [7, 11) is -9.27. The second-order valence-corrected chi connectivity index (χ2v) is 9.43. The zero-order chi connectivity index (χ0) is 28.3. The normalized spacial score (nSPS) is 12.7. The van der Waals surface area contributed by atoms with Crippen molar-refractivity contribution in [1.82, 2.24) is 0 Å². The third-order valence-electron chi connectivity index (χ3n) is 3.40. The van der Waals surface area contributed by atoms with Crippen LogP contribution < -0.4 is 9.47 Å². The largest absolute Gasteiger partial charge is 0.486 e. The van der Waals surface area contributed by atoms with Crippen LogP contribution in [0, 0.1) is 0 Å². The molecule has 1 aromatic rings. The van der Waals surface area contributed by atoms with Gasteiger partial charge in [0.15, 0.2) is 16.4 Å². The minimum absolute atomic E-state index is 0.440. The highest BCUT2D eigenvalue weighted by Gasteiger charge is 2.29. The lowest BCUT2D eigenvalue weighted by molar-refractivity contribution is -0.140. The fraction of sp³-hybridized carbons (Fsp3) is 0.316. The number of carboxylic acid groups (broad SMARTS) is 1. The molecule has 0 spiro atoms. The molecule has 0 aliphatic heterocycles. The van der Waals surface area contributed by atoms with E-state index in [0.717, 1.165) is 24.3 Å². The molecule has 0 amide bonds. The predicted molar refractivity (Wildman–Crippen MR) is 120 cm³/mol. The molecule has 1 aromatic carbocycles. The topological polar surface area (TPSA) is 248 Å². The summed E-state index contributed by atoms with van der Waals surface area (Å²) in [5, 5.41) is 27.2. The fourth-order valence-electron chi connectivity index (χ4n) is 2.07. The van der Waals surface area contributed by atoms with Gasteiger partial charge in [-0.15, -0.1) is 0 Å². The maximum Gasteiger partial charge on any atom is 0.337 e. The molecule has 0 saturated heterocycles. The Morgan fingerprint density at radius 1 is 1.00 bits per heavy atom. The standard InChI is InChI=1S/C13H14O9S.C6H10O6S/c1-3-10(15)22-9-5-4-8(13(16)17)12(23(18,19)20)11(9)21-6-7(2)14;1-2-6(8)12-3-5(7)4-13(9,10)11/h3-5,7,14H,1,6H2,2H3,(H,16,17)(H,18,19,20);2,5,7H,1,3-4H2,(H,9,10,11). The van der Waals surface area contributed by atoms with Crippen molar-refractivity contribution in [1.29, 1.82) is 0 Å². The Bertz CT molecular complexity index is 1180. The Balaban J connectivity index is 0.000000802. The zero-order valence-corrected chi connectivity index (χ0v) is 20.3. The Kier molecular flexibility index (Phi) is 12.9. The van der Waals surface area contributed by atoms with Crippen LogP contribution in [0.15, 0.2) is 42.3 Å². The molecular weight excluding hydrogens is 532 g/mol. The highest BCUT2D eigenvalue weighted by molar-refractivity contribution is 7.86. The van der Waals surface area contributed by atoms with Gasteiger partial charge in [0.05, 0.1) is 11.7 Å². The third-order valence-corrected chi connectivity index (χ3v) is 5.13. The number of carboxylic acids is 1. The third kappa shape index (κ3) is 12.4. The van der Waals surface area contributed by atoms with Crippen molar-refractivity contribution >= 4 is 38.1 Å². The van der Waals surface area contributed by atoms with Crippen molar-refractivity contribution in [2.75, 3.05) is 19.0 Å². The first kappa shape index (κ1) is 32.7. The summed E-state index contributed by atoms with van der Waals surface area (Å²) >= 11 is 0. The van der Waals surface area contributed by atoms with Gasteiger partial charge in [-0.1, -0.05) is 13.2 Å². The summed E-state index contributed by atoms with van der Waals surface area (Å²) in [5.74, 6) is -5.40. The average molecular weight is 557 g/mol. The van der Waals surface area contributed by atoms with Gasteiger partial charge in [-0.2, -0.15) is 16.8 Å². The minimum Gasteiger partial charge on any atom is -0.486 e. The quantitative estimate of drug-likeness (QED) is 0.0937. The van der Waals surface area contributed by atoms with Gasteiger partial charge in [-0.3, -0.25) is 9.11 Å². The van der Waals surface area contributed by atoms with Crippen molar-refractivity contribution in [3.05, 3.63) is 43.0 Å². The van der Waals surface area contributed by atoms with Crippen molar-refractivity contribution in [3.63, 3.8) is 0 Å². The molecule has 2 unspecified atom stereocenters. The van der Waals surface area contributed by atoms with E-state index in [1.807, 2.05) is 0 Å². The minimum atomic E-state index is -5.03. The Morgan fingerprint density at radius 2 is 1.56 bits per heavy atom. The summed E-state index contributed by atoms with van der Waals surface area (Å²) in [6.45, 7) is 6.64. The Hall–Kier alpha value is -3.35. The van der Waals surface area contributed by atoms with Crippen molar-refractivity contribution < 1.29 is 69.9 Å². The van der Waals surface area contributed by atoms with E-state index in [9.17, 15) is 40.9 Å². The highest BCUT2D eigenvalue weighted by Crippen LogP contribution is 2.37. The number of benzene rings is 1. The number of esters is 2. The van der Waals surface area contributed by atoms with Crippen LogP contribution >= 0.6 is 0 Å². The molecule has 0 bridgehead atoms. The number of hydrogen-bond donors (Lipinski definition) is 5. The number of aromatic carboxylic acids is 1. The van der Waals surface area contributed by atoms with Crippen molar-refractivity contribution in [2.24, 2.45) is 0 Å². The van der Waals surface area contributed by atoms with E-state index in [0.29, 0.717) is 0 Å². The van der Waals surface area contributed by atoms with E-state index < -0.39 is 91.3 Å². The van der Waals surface area contributed by atoms with E-state index in [1.54, 1.807) is 0 Å². The molecule has 15 nitrogen and oxygen atoms in total. The number of rotatable bonds is 12. The molecule has 0 radical (unpaired) electrons. The van der Waals surface area contributed by atoms with Crippen LogP contribution in [-0.4, -0.2) is 90.3 Å². The number of aliphatic hydroxyl groups excluding tert-OH is 2. The van der Waals surface area contributed by atoms with Crippen LogP contribution in [0.1, 0.15) is 17.3 Å². The summed E-state index contributed by atoms with van der Waals surface area (Å²) in [6.07, 6.45) is -0.809. The van der Waals surface area contributed by atoms with Gasteiger partial charge in [-0.05, 0) is 19.1 Å². The van der Waals surface area contributed by atoms with Crippen LogP contribution in [0.25, 0.3) is 0 Å². The first-order chi connectivity index (χ1) is 16.4. The lowest BCUT2D eigenvalue weighted by Gasteiger charge is -2.16. The summed E-state index contributed by atoms with van der Waals surface area (Å²) in [5.41, 5.74) is -0.786. The van der Waals surface area contributed by atoms with Gasteiger partial charge >= 0.3 is 17.9 Å². The Labute approximate surface area is 205 Å². The zero-order valence-electron chi connectivity index (χ0n) is 18.6. The van der Waals surface area contributed by atoms with Gasteiger partial charge in [0.1, 0.15) is 25.1 Å². The SMILES string of the molecule is C=CC(=O)OCC(O)CS(=O)(=O)O.C=CC(=O)Oc1ccc(C(=O)O)c(S(=O)(=O)O)c1OCC(C)O. The molecule has 17 heteroatoms. The van der Waals surface area contributed by atoms with E-state index in [2.05, 4.69) is 17.9 Å². The molecular formula is C19H24O15S2. The lowest BCUT2D eigenvalue weighted by atomic mass is 10.2. The van der Waals surface area contributed by atoms with Gasteiger partial charge in [0.2, 0.25) is 0 Å². The van der Waals surface area contributed by atoms with Crippen LogP contribution in [-0.2, 0) is 34.6 Å². The first-order valence-corrected chi connectivity index (χ1v) is 12.4. The van der Waals surface area contributed by atoms with E-state index >= 15 is 0 Å². The molecule has 0 saturated carbocycles. The number of ether oxygens (including phenoxy) is 3. The second kappa shape index (κ2) is 14.3. The molecule has 0 aromatic heterocycles. The molecule has 0 aliphatic carbocycles. The van der Waals surface area contributed by atoms with E-state index in [1.165, 1.54) is 6.92 Å². The molecule has 0 fully saturated rings. The van der Waals surface area contributed by atoms with Gasteiger partial charge in [0, 0.05) is 12.2 Å². The lowest BCUT2D eigenvalue weighted by Crippen LogP contribution is -2.26. The maximum atomic E-state index is 11.5. The number of carbonyl (C=O) groups excluding carboxylic acids is 2. The van der Waals surface area contributed by atoms with Crippen LogP contribution in [0.5, 0.6) is 11.5 Å². The van der Waals surface area contributed by atoms with Gasteiger partial charge < -0.3 is 29.5 Å². The average Bonchev–Trinajstić information content (AvgIpc) is 2.74. The van der Waals surface area contributed by atoms with Crippen molar-refractivity contribution in [3.8, 4) is 11.5 Å². The number of hydrogen-bond acceptors (Lipinski definition) is 12. The summed E-state index contributed by atoms with van der Waals surface area (Å²) < 4.78 is 75.1. The smallest absolute Gasteiger partial charge is 0.337 e. The number of carbonyl (C=O) groups is 3. The summed E-state index contributed by atoms with van der Waals surface area (Å²) in [4.78, 5) is 31.8. The predicted octanol–water partition coefficient (Wildman–Crippen LogP) is -0.553. The fourth-order valence-corrected chi connectivity index (χ4v) is 3.48. The number of aliphatic hydroxyl groups is 2. The highest BCUT2D eigenvalue weighted by atomic mass is 32.2. The van der Waals surface area contributed by atoms with Crippen LogP contribution in [0.4, 0.5) is 0 Å². The van der Waals surface area contributed by atoms with Crippen LogP contribution in [0.2, 0.25) is 0 Å². The van der Waals surface area contributed by atoms with Gasteiger partial charge in [0.25, 0.3) is 20.2 Å². The first-order valence-electron chi connectivity index (χ1n) is 9.38. The Morgan fingerprint density at radius 3 is 1.97 bits per heavy atom. The molecule has 2 atom stereocenters. The van der Waals surface area contributed by atoms with Crippen LogP contribution in [0.3, 0.4) is 0 Å². The molecule has 1 rings (SSSR count). The van der Waals surface area contributed by atoms with E-state index in [-0.39, 0.29) is 0 Å².